The second-order valence-corrected chi connectivity index (χ2v) is 5.18. The summed E-state index contributed by atoms with van der Waals surface area (Å²) < 4.78 is 27.0. The van der Waals surface area contributed by atoms with Gasteiger partial charge in [-0.3, -0.25) is 4.79 Å². The zero-order valence-corrected chi connectivity index (χ0v) is 11.8. The number of carbonyl (C=O) groups excluding carboxylic acids is 1. The second kappa shape index (κ2) is 4.97. The van der Waals surface area contributed by atoms with Crippen LogP contribution in [0.2, 0.25) is 5.02 Å². The minimum atomic E-state index is -0.738. The lowest BCUT2D eigenvalue weighted by molar-refractivity contribution is 0.112. The Hall–Kier alpha value is -2.20. The van der Waals surface area contributed by atoms with Gasteiger partial charge in [0.1, 0.15) is 11.6 Å². The Kier molecular flexibility index (Phi) is 3.26. The lowest BCUT2D eigenvalue weighted by Crippen LogP contribution is -1.90. The van der Waals surface area contributed by atoms with Crippen LogP contribution in [0.4, 0.5) is 8.78 Å². The van der Waals surface area contributed by atoms with E-state index in [-0.39, 0.29) is 11.1 Å². The summed E-state index contributed by atoms with van der Waals surface area (Å²) in [6, 6.07) is 6.72. The molecule has 106 valence electrons. The third kappa shape index (κ3) is 2.12. The highest BCUT2D eigenvalue weighted by Gasteiger charge is 2.19. The van der Waals surface area contributed by atoms with Crippen molar-refractivity contribution < 1.29 is 13.6 Å². The van der Waals surface area contributed by atoms with Gasteiger partial charge < -0.3 is 4.98 Å². The molecule has 0 atom stereocenters. The predicted octanol–water partition coefficient (Wildman–Crippen LogP) is 4.89. The third-order valence-electron chi connectivity index (χ3n) is 3.47. The number of benzene rings is 2. The Bertz CT molecular complexity index is 870. The summed E-state index contributed by atoms with van der Waals surface area (Å²) in [7, 11) is 0. The molecule has 1 heterocycles. The number of rotatable bonds is 2. The number of halogens is 3. The zero-order valence-electron chi connectivity index (χ0n) is 11.0. The molecule has 0 aliphatic heterocycles. The van der Waals surface area contributed by atoms with Gasteiger partial charge in [-0.15, -0.1) is 0 Å². The lowest BCUT2D eigenvalue weighted by atomic mass is 10.0. The fourth-order valence-corrected chi connectivity index (χ4v) is 2.70. The van der Waals surface area contributed by atoms with E-state index in [2.05, 4.69) is 4.98 Å². The van der Waals surface area contributed by atoms with Gasteiger partial charge >= 0.3 is 0 Å². The van der Waals surface area contributed by atoms with Gasteiger partial charge in [0.25, 0.3) is 0 Å². The largest absolute Gasteiger partial charge is 0.354 e. The fraction of sp³-hybridized carbons (Fsp3) is 0.0625. The monoisotopic (exact) mass is 305 g/mol. The molecule has 5 heteroatoms. The number of aromatic amines is 1. The number of carbonyl (C=O) groups is 1. The number of H-pyrrole nitrogens is 1. The zero-order chi connectivity index (χ0) is 15.1. The molecular formula is C16H10ClF2NO. The van der Waals surface area contributed by atoms with Crippen molar-refractivity contribution in [3.63, 3.8) is 0 Å². The molecule has 1 N–H and O–H groups in total. The molecule has 0 aliphatic carbocycles. The first-order valence-corrected chi connectivity index (χ1v) is 6.62. The van der Waals surface area contributed by atoms with Crippen LogP contribution in [0, 0.1) is 18.6 Å². The standard InChI is InChI=1S/C16H10ClF2NO/c1-8-2-5-12(17)14-11(7-21)16(20-15(8)14)10-4-3-9(18)6-13(10)19/h2-7,20H,1H3. The maximum Gasteiger partial charge on any atom is 0.152 e. The fourth-order valence-electron chi connectivity index (χ4n) is 2.45. The first kappa shape index (κ1) is 13.8. The number of aryl methyl sites for hydroxylation is 1. The van der Waals surface area contributed by atoms with Crippen molar-refractivity contribution >= 4 is 28.8 Å². The van der Waals surface area contributed by atoms with Crippen LogP contribution in [-0.4, -0.2) is 11.3 Å². The van der Waals surface area contributed by atoms with Crippen LogP contribution in [0.1, 0.15) is 15.9 Å². The van der Waals surface area contributed by atoms with Crippen molar-refractivity contribution in [2.75, 3.05) is 0 Å². The Morgan fingerprint density at radius 2 is 1.95 bits per heavy atom. The van der Waals surface area contributed by atoms with Crippen LogP contribution >= 0.6 is 11.6 Å². The molecule has 0 fully saturated rings. The SMILES string of the molecule is Cc1ccc(Cl)c2c(C=O)c(-c3ccc(F)cc3F)[nH]c12. The van der Waals surface area contributed by atoms with Gasteiger partial charge in [-0.25, -0.2) is 8.78 Å². The molecule has 2 nitrogen and oxygen atoms in total. The molecular weight excluding hydrogens is 296 g/mol. The first-order valence-electron chi connectivity index (χ1n) is 6.24. The Labute approximate surface area is 124 Å². The average molecular weight is 306 g/mol. The van der Waals surface area contributed by atoms with E-state index in [1.165, 1.54) is 6.07 Å². The Balaban J connectivity index is 2.40. The minimum Gasteiger partial charge on any atom is -0.354 e. The van der Waals surface area contributed by atoms with Gasteiger partial charge in [-0.05, 0) is 30.7 Å². The lowest BCUT2D eigenvalue weighted by Gasteiger charge is -2.02. The van der Waals surface area contributed by atoms with Crippen molar-refractivity contribution in [1.82, 2.24) is 4.98 Å². The summed E-state index contributed by atoms with van der Waals surface area (Å²) >= 11 is 6.15. The highest BCUT2D eigenvalue weighted by molar-refractivity contribution is 6.37. The molecule has 0 saturated heterocycles. The van der Waals surface area contributed by atoms with Crippen molar-refractivity contribution in [3.05, 3.63) is 58.1 Å². The summed E-state index contributed by atoms with van der Waals surface area (Å²) in [5.41, 5.74) is 2.25. The number of hydrogen-bond acceptors (Lipinski definition) is 1. The molecule has 3 rings (SSSR count). The average Bonchev–Trinajstić information content (AvgIpc) is 2.83. The minimum absolute atomic E-state index is 0.130. The highest BCUT2D eigenvalue weighted by Crippen LogP contribution is 2.36. The molecule has 1 aromatic heterocycles. The van der Waals surface area contributed by atoms with Crippen molar-refractivity contribution in [1.29, 1.82) is 0 Å². The predicted molar refractivity (Wildman–Crippen MR) is 78.8 cm³/mol. The van der Waals surface area contributed by atoms with E-state index >= 15 is 0 Å². The van der Waals surface area contributed by atoms with Crippen LogP contribution in [0.3, 0.4) is 0 Å². The molecule has 0 aliphatic rings. The normalized spacial score (nSPS) is 11.0. The maximum atomic E-state index is 14.0. The third-order valence-corrected chi connectivity index (χ3v) is 3.78. The van der Waals surface area contributed by atoms with E-state index in [9.17, 15) is 13.6 Å². The molecule has 0 spiro atoms. The molecule has 21 heavy (non-hydrogen) atoms. The molecule has 0 amide bonds. The van der Waals surface area contributed by atoms with Gasteiger partial charge in [-0.2, -0.15) is 0 Å². The number of aromatic nitrogens is 1. The highest BCUT2D eigenvalue weighted by atomic mass is 35.5. The molecule has 0 saturated carbocycles. The van der Waals surface area contributed by atoms with Crippen LogP contribution in [0.5, 0.6) is 0 Å². The van der Waals surface area contributed by atoms with Crippen molar-refractivity contribution in [2.24, 2.45) is 0 Å². The number of aldehydes is 1. The van der Waals surface area contributed by atoms with Crippen LogP contribution in [0.15, 0.2) is 30.3 Å². The van der Waals surface area contributed by atoms with Gasteiger partial charge in [0.2, 0.25) is 0 Å². The van der Waals surface area contributed by atoms with Gasteiger partial charge in [0.15, 0.2) is 6.29 Å². The number of fused-ring (bicyclic) bond motifs is 1. The topological polar surface area (TPSA) is 32.9 Å². The second-order valence-electron chi connectivity index (χ2n) is 4.77. The van der Waals surface area contributed by atoms with Crippen molar-refractivity contribution in [2.45, 2.75) is 6.92 Å². The molecule has 3 aromatic rings. The van der Waals surface area contributed by atoms with E-state index in [0.29, 0.717) is 27.9 Å². The Morgan fingerprint density at radius 3 is 2.62 bits per heavy atom. The van der Waals surface area contributed by atoms with E-state index in [0.717, 1.165) is 17.7 Å². The Morgan fingerprint density at radius 1 is 1.19 bits per heavy atom. The summed E-state index contributed by atoms with van der Waals surface area (Å²) in [5.74, 6) is -1.41. The summed E-state index contributed by atoms with van der Waals surface area (Å²) in [5, 5.41) is 0.952. The summed E-state index contributed by atoms with van der Waals surface area (Å²) in [6.45, 7) is 1.86. The molecule has 2 aromatic carbocycles. The van der Waals surface area contributed by atoms with Crippen LogP contribution in [0.25, 0.3) is 22.2 Å². The van der Waals surface area contributed by atoms with E-state index in [1.54, 1.807) is 12.1 Å². The summed E-state index contributed by atoms with van der Waals surface area (Å²) in [6.07, 6.45) is 0.627. The van der Waals surface area contributed by atoms with E-state index < -0.39 is 11.6 Å². The quantitative estimate of drug-likeness (QED) is 0.672. The van der Waals surface area contributed by atoms with Gasteiger partial charge in [0.05, 0.1) is 16.2 Å². The van der Waals surface area contributed by atoms with Gasteiger partial charge in [-0.1, -0.05) is 17.7 Å². The maximum absolute atomic E-state index is 14.0. The summed E-state index contributed by atoms with van der Waals surface area (Å²) in [4.78, 5) is 14.5. The number of nitrogens with one attached hydrogen (secondary N) is 1. The smallest absolute Gasteiger partial charge is 0.152 e. The number of hydrogen-bond donors (Lipinski definition) is 1. The van der Waals surface area contributed by atoms with Crippen LogP contribution in [-0.2, 0) is 0 Å². The molecule has 0 bridgehead atoms. The van der Waals surface area contributed by atoms with E-state index in [1.807, 2.05) is 6.92 Å². The van der Waals surface area contributed by atoms with Crippen LogP contribution < -0.4 is 0 Å². The molecule has 0 radical (unpaired) electrons. The molecule has 0 unspecified atom stereocenters. The van der Waals surface area contributed by atoms with Gasteiger partial charge in [0, 0.05) is 22.6 Å². The van der Waals surface area contributed by atoms with E-state index in [4.69, 9.17) is 11.6 Å². The first-order chi connectivity index (χ1) is 10.0. The van der Waals surface area contributed by atoms with Crippen molar-refractivity contribution in [3.8, 4) is 11.3 Å².